The van der Waals surface area contributed by atoms with E-state index in [4.69, 9.17) is 4.74 Å². The van der Waals surface area contributed by atoms with Crippen molar-refractivity contribution in [1.29, 1.82) is 0 Å². The van der Waals surface area contributed by atoms with Crippen molar-refractivity contribution in [3.63, 3.8) is 0 Å². The molecule has 0 bridgehead atoms. The van der Waals surface area contributed by atoms with Gasteiger partial charge in [0.1, 0.15) is 5.75 Å². The van der Waals surface area contributed by atoms with E-state index in [0.717, 1.165) is 5.75 Å². The lowest BCUT2D eigenvalue weighted by molar-refractivity contribution is 0.241. The van der Waals surface area contributed by atoms with Gasteiger partial charge in [-0.1, -0.05) is 0 Å². The standard InChI is InChI=1S/C14H21NO/c1-10(2)16-14-8-7-13(9-11(14)3)15-12-5-4-6-12/h7-10,12,15H,4-6H2,1-3H3. The van der Waals surface area contributed by atoms with Gasteiger partial charge in [0.25, 0.3) is 0 Å². The van der Waals surface area contributed by atoms with Crippen LogP contribution in [0.4, 0.5) is 5.69 Å². The van der Waals surface area contributed by atoms with Crippen LogP contribution in [0.25, 0.3) is 0 Å². The summed E-state index contributed by atoms with van der Waals surface area (Å²) < 4.78 is 5.72. The monoisotopic (exact) mass is 219 g/mol. The van der Waals surface area contributed by atoms with Gasteiger partial charge in [-0.25, -0.2) is 0 Å². The lowest BCUT2D eigenvalue weighted by Crippen LogP contribution is -2.26. The van der Waals surface area contributed by atoms with E-state index in [1.54, 1.807) is 0 Å². The molecule has 1 fully saturated rings. The zero-order valence-corrected chi connectivity index (χ0v) is 10.4. The van der Waals surface area contributed by atoms with Crippen LogP contribution in [-0.2, 0) is 0 Å². The van der Waals surface area contributed by atoms with Gasteiger partial charge in [0.2, 0.25) is 0 Å². The van der Waals surface area contributed by atoms with Gasteiger partial charge in [0.15, 0.2) is 0 Å². The Kier molecular flexibility index (Phi) is 3.37. The second kappa shape index (κ2) is 4.77. The minimum atomic E-state index is 0.240. The average molecular weight is 219 g/mol. The van der Waals surface area contributed by atoms with Crippen LogP contribution < -0.4 is 10.1 Å². The van der Waals surface area contributed by atoms with Crippen LogP contribution in [0.2, 0.25) is 0 Å². The van der Waals surface area contributed by atoms with Crippen molar-refractivity contribution < 1.29 is 4.74 Å². The summed E-state index contributed by atoms with van der Waals surface area (Å²) in [4.78, 5) is 0. The van der Waals surface area contributed by atoms with Crippen LogP contribution >= 0.6 is 0 Å². The molecule has 0 aromatic heterocycles. The minimum absolute atomic E-state index is 0.240. The van der Waals surface area contributed by atoms with Crippen molar-refractivity contribution in [2.24, 2.45) is 0 Å². The molecular formula is C14H21NO. The first-order chi connectivity index (χ1) is 7.65. The van der Waals surface area contributed by atoms with Gasteiger partial charge < -0.3 is 10.1 Å². The van der Waals surface area contributed by atoms with Crippen molar-refractivity contribution in [2.45, 2.75) is 52.2 Å². The maximum Gasteiger partial charge on any atom is 0.122 e. The lowest BCUT2D eigenvalue weighted by Gasteiger charge is -2.27. The van der Waals surface area contributed by atoms with E-state index in [1.165, 1.54) is 30.5 Å². The molecule has 0 atom stereocenters. The average Bonchev–Trinajstić information content (AvgIpc) is 2.15. The molecule has 0 heterocycles. The third-order valence-corrected chi connectivity index (χ3v) is 3.01. The number of nitrogens with one attached hydrogen (secondary N) is 1. The zero-order valence-electron chi connectivity index (χ0n) is 10.4. The number of hydrogen-bond acceptors (Lipinski definition) is 2. The highest BCUT2D eigenvalue weighted by atomic mass is 16.5. The summed E-state index contributed by atoms with van der Waals surface area (Å²) in [7, 11) is 0. The van der Waals surface area contributed by atoms with Crippen LogP contribution in [0, 0.1) is 6.92 Å². The van der Waals surface area contributed by atoms with Gasteiger partial charge in [0, 0.05) is 11.7 Å². The van der Waals surface area contributed by atoms with Crippen LogP contribution in [0.15, 0.2) is 18.2 Å². The molecule has 2 rings (SSSR count). The van der Waals surface area contributed by atoms with E-state index < -0.39 is 0 Å². The summed E-state index contributed by atoms with van der Waals surface area (Å²) in [5, 5.41) is 3.54. The maximum absolute atomic E-state index is 5.72. The Morgan fingerprint density at radius 2 is 2.06 bits per heavy atom. The lowest BCUT2D eigenvalue weighted by atomic mass is 9.93. The minimum Gasteiger partial charge on any atom is -0.491 e. The first-order valence-electron chi connectivity index (χ1n) is 6.19. The third kappa shape index (κ3) is 2.69. The number of aryl methyl sites for hydroxylation is 1. The Labute approximate surface area is 98.0 Å². The predicted octanol–water partition coefficient (Wildman–Crippen LogP) is 3.75. The molecule has 1 N–H and O–H groups in total. The van der Waals surface area contributed by atoms with Gasteiger partial charge in [-0.3, -0.25) is 0 Å². The second-order valence-corrected chi connectivity index (χ2v) is 4.92. The van der Waals surface area contributed by atoms with Crippen molar-refractivity contribution in [1.82, 2.24) is 0 Å². The van der Waals surface area contributed by atoms with E-state index in [9.17, 15) is 0 Å². The second-order valence-electron chi connectivity index (χ2n) is 4.92. The number of ether oxygens (including phenoxy) is 1. The highest BCUT2D eigenvalue weighted by molar-refractivity contribution is 5.51. The normalized spacial score (nSPS) is 16.0. The summed E-state index contributed by atoms with van der Waals surface area (Å²) in [6.45, 7) is 6.21. The molecule has 1 aromatic carbocycles. The van der Waals surface area contributed by atoms with Crippen LogP contribution in [0.1, 0.15) is 38.7 Å². The van der Waals surface area contributed by atoms with Crippen molar-refractivity contribution in [3.8, 4) is 5.75 Å². The fourth-order valence-corrected chi connectivity index (χ4v) is 1.91. The molecule has 0 spiro atoms. The molecular weight excluding hydrogens is 198 g/mol. The van der Waals surface area contributed by atoms with Crippen LogP contribution in [0.5, 0.6) is 5.75 Å². The fourth-order valence-electron chi connectivity index (χ4n) is 1.91. The summed E-state index contributed by atoms with van der Waals surface area (Å²) in [5.74, 6) is 0.995. The van der Waals surface area contributed by atoms with Crippen LogP contribution in [-0.4, -0.2) is 12.1 Å². The topological polar surface area (TPSA) is 21.3 Å². The predicted molar refractivity (Wildman–Crippen MR) is 68.2 cm³/mol. The van der Waals surface area contributed by atoms with E-state index in [0.29, 0.717) is 6.04 Å². The molecule has 1 aliphatic rings. The highest BCUT2D eigenvalue weighted by Crippen LogP contribution is 2.27. The van der Waals surface area contributed by atoms with Gasteiger partial charge in [0.05, 0.1) is 6.10 Å². The molecule has 1 aliphatic carbocycles. The number of hydrogen-bond donors (Lipinski definition) is 1. The number of benzene rings is 1. The fraction of sp³-hybridized carbons (Fsp3) is 0.571. The SMILES string of the molecule is Cc1cc(NC2CCC2)ccc1OC(C)C. The molecule has 16 heavy (non-hydrogen) atoms. The molecule has 0 aliphatic heterocycles. The number of rotatable bonds is 4. The number of anilines is 1. The molecule has 1 saturated carbocycles. The van der Waals surface area contributed by atoms with Crippen molar-refractivity contribution in [3.05, 3.63) is 23.8 Å². The quantitative estimate of drug-likeness (QED) is 0.832. The Morgan fingerprint density at radius 1 is 1.31 bits per heavy atom. The Morgan fingerprint density at radius 3 is 2.56 bits per heavy atom. The summed E-state index contributed by atoms with van der Waals surface area (Å²) >= 11 is 0. The maximum atomic E-state index is 5.72. The van der Waals surface area contributed by atoms with Gasteiger partial charge >= 0.3 is 0 Å². The van der Waals surface area contributed by atoms with E-state index in [2.05, 4.69) is 44.3 Å². The Bertz CT molecular complexity index is 356. The van der Waals surface area contributed by atoms with Crippen LogP contribution in [0.3, 0.4) is 0 Å². The van der Waals surface area contributed by atoms with Crippen molar-refractivity contribution in [2.75, 3.05) is 5.32 Å². The first-order valence-corrected chi connectivity index (χ1v) is 6.19. The van der Waals surface area contributed by atoms with E-state index >= 15 is 0 Å². The van der Waals surface area contributed by atoms with Gasteiger partial charge in [-0.05, 0) is 63.8 Å². The molecule has 2 heteroatoms. The Balaban J connectivity index is 2.03. The first kappa shape index (κ1) is 11.3. The smallest absolute Gasteiger partial charge is 0.122 e. The summed E-state index contributed by atoms with van der Waals surface area (Å²) in [6, 6.07) is 7.05. The summed E-state index contributed by atoms with van der Waals surface area (Å²) in [5.41, 5.74) is 2.43. The van der Waals surface area contributed by atoms with E-state index in [1.807, 2.05) is 0 Å². The van der Waals surface area contributed by atoms with Crippen molar-refractivity contribution >= 4 is 5.69 Å². The van der Waals surface area contributed by atoms with E-state index in [-0.39, 0.29) is 6.10 Å². The molecule has 0 amide bonds. The zero-order chi connectivity index (χ0) is 11.5. The van der Waals surface area contributed by atoms with Gasteiger partial charge in [-0.15, -0.1) is 0 Å². The molecule has 1 aromatic rings. The highest BCUT2D eigenvalue weighted by Gasteiger charge is 2.16. The Hall–Kier alpha value is -1.18. The molecule has 0 saturated heterocycles. The molecule has 0 unspecified atom stereocenters. The molecule has 0 radical (unpaired) electrons. The van der Waals surface area contributed by atoms with Gasteiger partial charge in [-0.2, -0.15) is 0 Å². The third-order valence-electron chi connectivity index (χ3n) is 3.01. The molecule has 88 valence electrons. The largest absolute Gasteiger partial charge is 0.491 e. The molecule has 2 nitrogen and oxygen atoms in total. The summed E-state index contributed by atoms with van der Waals surface area (Å²) in [6.07, 6.45) is 4.22.